The zero-order chi connectivity index (χ0) is 9.14. The van der Waals surface area contributed by atoms with E-state index in [0.29, 0.717) is 6.04 Å². The average molecular weight is 202 g/mol. The molecule has 68 valence electrons. The topological polar surface area (TPSA) is 15.3 Å². The van der Waals surface area contributed by atoms with Crippen LogP contribution in [0.1, 0.15) is 19.8 Å². The molecule has 0 unspecified atom stereocenters. The Hall–Kier alpha value is -0.220. The standard InChI is InChI=1S/C8H14N2S2/c1-6(11)10-5-3-4-7(10)8(12)9-2/h7H,3-5H2,1-2H3,(H,9,12)/t7-/m0/s1. The minimum Gasteiger partial charge on any atom is -0.381 e. The lowest BCUT2D eigenvalue weighted by Gasteiger charge is -2.25. The summed E-state index contributed by atoms with van der Waals surface area (Å²) >= 11 is 10.3. The van der Waals surface area contributed by atoms with E-state index in [-0.39, 0.29) is 0 Å². The molecule has 1 N–H and O–H groups in total. The Morgan fingerprint density at radius 3 is 2.67 bits per heavy atom. The molecule has 1 atom stereocenters. The van der Waals surface area contributed by atoms with E-state index < -0.39 is 0 Å². The second-order valence-electron chi connectivity index (χ2n) is 2.98. The molecule has 0 bridgehead atoms. The fraction of sp³-hybridized carbons (Fsp3) is 0.750. The predicted octanol–water partition coefficient (Wildman–Crippen LogP) is 1.34. The van der Waals surface area contributed by atoms with Gasteiger partial charge in [0.05, 0.1) is 16.0 Å². The predicted molar refractivity (Wildman–Crippen MR) is 59.7 cm³/mol. The van der Waals surface area contributed by atoms with Gasteiger partial charge in [0.25, 0.3) is 0 Å². The Labute approximate surface area is 84.3 Å². The van der Waals surface area contributed by atoms with Gasteiger partial charge in [0.15, 0.2) is 0 Å². The van der Waals surface area contributed by atoms with Crippen molar-refractivity contribution in [3.8, 4) is 0 Å². The number of hydrogen-bond donors (Lipinski definition) is 1. The first kappa shape index (κ1) is 9.86. The molecule has 0 aromatic carbocycles. The third-order valence-electron chi connectivity index (χ3n) is 2.21. The molecule has 1 heterocycles. The van der Waals surface area contributed by atoms with Gasteiger partial charge in [0.1, 0.15) is 0 Å². The van der Waals surface area contributed by atoms with Crippen LogP contribution in [0.2, 0.25) is 0 Å². The molecule has 0 aromatic heterocycles. The second-order valence-corrected chi connectivity index (χ2v) is 4.02. The lowest BCUT2D eigenvalue weighted by atomic mass is 10.2. The Morgan fingerprint density at radius 2 is 2.17 bits per heavy atom. The van der Waals surface area contributed by atoms with Crippen molar-refractivity contribution in [3.05, 3.63) is 0 Å². The summed E-state index contributed by atoms with van der Waals surface area (Å²) in [6.07, 6.45) is 2.33. The van der Waals surface area contributed by atoms with Crippen LogP contribution in [0.3, 0.4) is 0 Å². The molecule has 0 aromatic rings. The largest absolute Gasteiger partial charge is 0.381 e. The van der Waals surface area contributed by atoms with Crippen molar-refractivity contribution in [2.45, 2.75) is 25.8 Å². The number of likely N-dealkylation sites (N-methyl/N-ethyl adjacent to an activating group) is 1. The summed E-state index contributed by atoms with van der Waals surface area (Å²) < 4.78 is 0. The van der Waals surface area contributed by atoms with Crippen molar-refractivity contribution in [2.75, 3.05) is 13.6 Å². The third-order valence-corrected chi connectivity index (χ3v) is 2.92. The van der Waals surface area contributed by atoms with Crippen LogP contribution in [0.15, 0.2) is 0 Å². The SMILES string of the molecule is CNC(=S)[C@@H]1CCCN1C(C)=S. The highest BCUT2D eigenvalue weighted by molar-refractivity contribution is 7.80. The van der Waals surface area contributed by atoms with E-state index in [9.17, 15) is 0 Å². The summed E-state index contributed by atoms with van der Waals surface area (Å²) in [6.45, 7) is 3.02. The average Bonchev–Trinajstić information content (AvgIpc) is 2.50. The fourth-order valence-corrected chi connectivity index (χ4v) is 2.05. The minimum absolute atomic E-state index is 0.350. The van der Waals surface area contributed by atoms with Crippen LogP contribution >= 0.6 is 24.4 Å². The molecule has 1 aliphatic heterocycles. The van der Waals surface area contributed by atoms with Gasteiger partial charge < -0.3 is 10.2 Å². The summed E-state index contributed by atoms with van der Waals surface area (Å²) in [7, 11) is 1.87. The van der Waals surface area contributed by atoms with Crippen LogP contribution < -0.4 is 5.32 Å². The zero-order valence-corrected chi connectivity index (χ0v) is 9.10. The summed E-state index contributed by atoms with van der Waals surface area (Å²) in [5.74, 6) is 0. The van der Waals surface area contributed by atoms with Crippen molar-refractivity contribution in [2.24, 2.45) is 0 Å². The summed E-state index contributed by atoms with van der Waals surface area (Å²) in [4.78, 5) is 4.07. The summed E-state index contributed by atoms with van der Waals surface area (Å²) in [5.41, 5.74) is 0. The van der Waals surface area contributed by atoms with Crippen molar-refractivity contribution in [1.29, 1.82) is 0 Å². The normalized spacial score (nSPS) is 22.5. The first-order valence-corrected chi connectivity index (χ1v) is 4.97. The van der Waals surface area contributed by atoms with E-state index in [0.717, 1.165) is 22.9 Å². The number of rotatable bonds is 1. The summed E-state index contributed by atoms with van der Waals surface area (Å²) in [6, 6.07) is 0.350. The Morgan fingerprint density at radius 1 is 1.50 bits per heavy atom. The van der Waals surface area contributed by atoms with Gasteiger partial charge in [-0.2, -0.15) is 0 Å². The first-order valence-electron chi connectivity index (χ1n) is 4.15. The van der Waals surface area contributed by atoms with E-state index in [1.165, 1.54) is 6.42 Å². The van der Waals surface area contributed by atoms with E-state index >= 15 is 0 Å². The van der Waals surface area contributed by atoms with Gasteiger partial charge in [0.2, 0.25) is 0 Å². The zero-order valence-electron chi connectivity index (χ0n) is 7.46. The molecule has 0 amide bonds. The van der Waals surface area contributed by atoms with Crippen LogP contribution in [0, 0.1) is 0 Å². The number of hydrogen-bond acceptors (Lipinski definition) is 2. The minimum atomic E-state index is 0.350. The van der Waals surface area contributed by atoms with Crippen LogP contribution in [0.4, 0.5) is 0 Å². The van der Waals surface area contributed by atoms with Gasteiger partial charge >= 0.3 is 0 Å². The smallest absolute Gasteiger partial charge is 0.0979 e. The van der Waals surface area contributed by atoms with Gasteiger partial charge in [-0.15, -0.1) is 0 Å². The highest BCUT2D eigenvalue weighted by Gasteiger charge is 2.27. The molecule has 0 aliphatic carbocycles. The molecule has 2 nitrogen and oxygen atoms in total. The van der Waals surface area contributed by atoms with Gasteiger partial charge in [-0.1, -0.05) is 24.4 Å². The van der Waals surface area contributed by atoms with Gasteiger partial charge in [0, 0.05) is 13.6 Å². The van der Waals surface area contributed by atoms with E-state index in [4.69, 9.17) is 24.4 Å². The van der Waals surface area contributed by atoms with Crippen LogP contribution in [-0.2, 0) is 0 Å². The van der Waals surface area contributed by atoms with Crippen molar-refractivity contribution < 1.29 is 0 Å². The Balaban J connectivity index is 2.63. The molecule has 1 rings (SSSR count). The molecule has 1 aliphatic rings. The number of thiocarbonyl (C=S) groups is 2. The molecule has 0 saturated carbocycles. The molecule has 0 radical (unpaired) electrons. The second kappa shape index (κ2) is 4.14. The molecule has 4 heteroatoms. The van der Waals surface area contributed by atoms with E-state index in [1.807, 2.05) is 14.0 Å². The Kier molecular flexibility index (Phi) is 3.40. The maximum absolute atomic E-state index is 5.20. The monoisotopic (exact) mass is 202 g/mol. The van der Waals surface area contributed by atoms with Crippen molar-refractivity contribution >= 4 is 34.4 Å². The third kappa shape index (κ3) is 1.93. The van der Waals surface area contributed by atoms with Crippen LogP contribution in [-0.4, -0.2) is 34.5 Å². The first-order chi connectivity index (χ1) is 5.66. The number of likely N-dealkylation sites (tertiary alicyclic amines) is 1. The molecular formula is C8H14N2S2. The van der Waals surface area contributed by atoms with Crippen molar-refractivity contribution in [3.63, 3.8) is 0 Å². The van der Waals surface area contributed by atoms with Gasteiger partial charge in [-0.25, -0.2) is 0 Å². The van der Waals surface area contributed by atoms with E-state index in [1.54, 1.807) is 0 Å². The molecular weight excluding hydrogens is 188 g/mol. The number of nitrogens with zero attached hydrogens (tertiary/aromatic N) is 1. The number of nitrogens with one attached hydrogen (secondary N) is 1. The van der Waals surface area contributed by atoms with E-state index in [2.05, 4.69) is 10.2 Å². The molecule has 12 heavy (non-hydrogen) atoms. The quantitative estimate of drug-likeness (QED) is 0.645. The lowest BCUT2D eigenvalue weighted by Crippen LogP contribution is -2.42. The van der Waals surface area contributed by atoms with Gasteiger partial charge in [-0.3, -0.25) is 0 Å². The fourth-order valence-electron chi connectivity index (χ4n) is 1.58. The maximum Gasteiger partial charge on any atom is 0.0979 e. The highest BCUT2D eigenvalue weighted by atomic mass is 32.1. The maximum atomic E-state index is 5.20. The molecule has 1 saturated heterocycles. The van der Waals surface area contributed by atoms with Crippen molar-refractivity contribution in [1.82, 2.24) is 10.2 Å². The van der Waals surface area contributed by atoms with Gasteiger partial charge in [-0.05, 0) is 19.8 Å². The Bertz CT molecular complexity index is 203. The molecule has 0 spiro atoms. The van der Waals surface area contributed by atoms with Crippen LogP contribution in [0.5, 0.6) is 0 Å². The van der Waals surface area contributed by atoms with Crippen LogP contribution in [0.25, 0.3) is 0 Å². The molecule has 1 fully saturated rings. The summed E-state index contributed by atoms with van der Waals surface area (Å²) in [5, 5.41) is 3.02. The lowest BCUT2D eigenvalue weighted by molar-refractivity contribution is 0.470. The highest BCUT2D eigenvalue weighted by Crippen LogP contribution is 2.18.